The minimum absolute atomic E-state index is 0.318. The highest BCUT2D eigenvalue weighted by Crippen LogP contribution is 2.24. The molecule has 2 aromatic carbocycles. The highest BCUT2D eigenvalue weighted by atomic mass is 28.4. The summed E-state index contributed by atoms with van der Waals surface area (Å²) in [6.45, 7) is 0. The van der Waals surface area contributed by atoms with E-state index in [2.05, 4.69) is 4.74 Å². The van der Waals surface area contributed by atoms with E-state index >= 15 is 0 Å². The second-order valence-corrected chi connectivity index (χ2v) is 9.13. The summed E-state index contributed by atoms with van der Waals surface area (Å²) in [7, 11) is 5.22. The molecule has 6 nitrogen and oxygen atoms in total. The summed E-state index contributed by atoms with van der Waals surface area (Å²) < 4.78 is 20.6. The molecule has 0 spiro atoms. The first-order valence-electron chi connectivity index (χ1n) is 8.89. The molecule has 28 heavy (non-hydrogen) atoms. The van der Waals surface area contributed by atoms with Crippen molar-refractivity contribution >= 4 is 14.6 Å². The number of benzene rings is 2. The molecule has 0 aliphatic heterocycles. The molecule has 0 saturated carbocycles. The van der Waals surface area contributed by atoms with E-state index in [1.807, 2.05) is 18.2 Å². The molecule has 0 radical (unpaired) electrons. The van der Waals surface area contributed by atoms with E-state index in [0.717, 1.165) is 5.56 Å². The first-order valence-corrected chi connectivity index (χ1v) is 10.8. The van der Waals surface area contributed by atoms with Crippen LogP contribution in [0.15, 0.2) is 54.6 Å². The van der Waals surface area contributed by atoms with Crippen LogP contribution in [0.5, 0.6) is 0 Å². The van der Waals surface area contributed by atoms with E-state index in [1.165, 1.54) is 0 Å². The van der Waals surface area contributed by atoms with E-state index in [1.54, 1.807) is 71.9 Å². The summed E-state index contributed by atoms with van der Waals surface area (Å²) >= 11 is 0. The fourth-order valence-electron chi connectivity index (χ4n) is 2.76. The zero-order valence-corrected chi connectivity index (χ0v) is 18.2. The highest BCUT2D eigenvalue weighted by molar-refractivity contribution is 6.60. The summed E-state index contributed by atoms with van der Waals surface area (Å²) in [5.74, 6) is -0.318. The Morgan fingerprint density at radius 3 is 1.93 bits per heavy atom. The van der Waals surface area contributed by atoms with Crippen LogP contribution >= 0.6 is 0 Å². The number of Topliss-reactive ketones (excluding diaryl/α,β-unsaturated/α-hetero) is 1. The van der Waals surface area contributed by atoms with Crippen LogP contribution in [0.4, 0.5) is 0 Å². The van der Waals surface area contributed by atoms with Gasteiger partial charge in [-0.1, -0.05) is 54.6 Å². The Kier molecular flexibility index (Phi) is 10.8. The maximum atomic E-state index is 12.8. The van der Waals surface area contributed by atoms with Gasteiger partial charge in [-0.3, -0.25) is 4.79 Å². The molecule has 0 aliphatic rings. The third kappa shape index (κ3) is 6.63. The van der Waals surface area contributed by atoms with Crippen LogP contribution < -0.4 is 0 Å². The molecular formula is C21H30O6Si. The minimum atomic E-state index is -2.72. The number of aliphatic hydroxyl groups is 1. The second-order valence-electron chi connectivity index (χ2n) is 6.04. The molecule has 1 unspecified atom stereocenters. The van der Waals surface area contributed by atoms with Crippen molar-refractivity contribution in [3.63, 3.8) is 0 Å². The molecule has 0 aromatic heterocycles. The van der Waals surface area contributed by atoms with Gasteiger partial charge in [-0.25, -0.2) is 0 Å². The summed E-state index contributed by atoms with van der Waals surface area (Å²) in [5, 5.41) is 10.4. The number of aliphatic hydroxyl groups excluding tert-OH is 1. The van der Waals surface area contributed by atoms with Crippen molar-refractivity contribution in [1.82, 2.24) is 0 Å². The normalized spacial score (nSPS) is 12.1. The fourth-order valence-corrected chi connectivity index (χ4v) is 4.44. The van der Waals surface area contributed by atoms with Crippen LogP contribution in [0.25, 0.3) is 0 Å². The van der Waals surface area contributed by atoms with Gasteiger partial charge in [-0.05, 0) is 17.5 Å². The number of carbonyl (C=O) groups is 1. The predicted molar refractivity (Wildman–Crippen MR) is 110 cm³/mol. The van der Waals surface area contributed by atoms with Crippen LogP contribution in [0.2, 0.25) is 6.04 Å². The Morgan fingerprint density at radius 1 is 0.893 bits per heavy atom. The van der Waals surface area contributed by atoms with Gasteiger partial charge in [0.1, 0.15) is 6.10 Å². The Morgan fingerprint density at radius 2 is 1.39 bits per heavy atom. The molecule has 0 saturated heterocycles. The summed E-state index contributed by atoms with van der Waals surface area (Å²) in [6.07, 6.45) is -0.623. The molecule has 2 aromatic rings. The Bertz CT molecular complexity index is 695. The van der Waals surface area contributed by atoms with Crippen molar-refractivity contribution < 1.29 is 27.9 Å². The van der Waals surface area contributed by atoms with Gasteiger partial charge in [-0.15, -0.1) is 0 Å². The highest BCUT2D eigenvalue weighted by Gasteiger charge is 2.37. The van der Waals surface area contributed by atoms with E-state index < -0.39 is 14.9 Å². The molecule has 2 rings (SSSR count). The van der Waals surface area contributed by atoms with Crippen molar-refractivity contribution in [2.75, 3.05) is 35.5 Å². The number of methoxy groups -OCH3 is 1. The maximum absolute atomic E-state index is 12.8. The number of ketones is 1. The lowest BCUT2D eigenvalue weighted by Crippen LogP contribution is -2.43. The third-order valence-corrected chi connectivity index (χ3v) is 7.01. The molecular weight excluding hydrogens is 376 g/mol. The zero-order valence-electron chi connectivity index (χ0n) is 17.2. The van der Waals surface area contributed by atoms with Crippen molar-refractivity contribution in [3.05, 3.63) is 71.3 Å². The van der Waals surface area contributed by atoms with Crippen molar-refractivity contribution in [3.8, 4) is 0 Å². The lowest BCUT2D eigenvalue weighted by atomic mass is 9.95. The molecule has 7 heteroatoms. The first kappa shape index (κ1) is 24.2. The zero-order chi connectivity index (χ0) is 21.0. The Hall–Kier alpha value is -1.87. The molecule has 0 fully saturated rings. The second kappa shape index (κ2) is 12.6. The van der Waals surface area contributed by atoms with Gasteiger partial charge < -0.3 is 23.1 Å². The van der Waals surface area contributed by atoms with Crippen molar-refractivity contribution in [1.29, 1.82) is 0 Å². The molecule has 0 aliphatic carbocycles. The van der Waals surface area contributed by atoms with E-state index in [-0.39, 0.29) is 5.78 Å². The van der Waals surface area contributed by atoms with Crippen LogP contribution in [0.3, 0.4) is 0 Å². The summed E-state index contributed by atoms with van der Waals surface area (Å²) in [5.41, 5.74) is 1.92. The van der Waals surface area contributed by atoms with Gasteiger partial charge in [0.2, 0.25) is 0 Å². The lowest BCUT2D eigenvalue weighted by molar-refractivity contribution is 0.0746. The van der Waals surface area contributed by atoms with Crippen LogP contribution in [0, 0.1) is 0 Å². The maximum Gasteiger partial charge on any atom is 0.500 e. The molecule has 1 N–H and O–H groups in total. The SMILES string of the molecule is COC.CO[Si](CCc1ccccc1C(=O)C(O)c1ccccc1)(OC)OC. The lowest BCUT2D eigenvalue weighted by Gasteiger charge is -2.24. The van der Waals surface area contributed by atoms with Crippen LogP contribution in [-0.4, -0.2) is 55.2 Å². The summed E-state index contributed by atoms with van der Waals surface area (Å²) in [6, 6.07) is 16.7. The Labute approximate surface area is 168 Å². The largest absolute Gasteiger partial charge is 0.500 e. The number of rotatable bonds is 9. The number of hydrogen-bond donors (Lipinski definition) is 1. The number of ether oxygens (including phenoxy) is 1. The average molecular weight is 407 g/mol. The number of aryl methyl sites for hydroxylation is 1. The van der Waals surface area contributed by atoms with E-state index in [4.69, 9.17) is 13.3 Å². The van der Waals surface area contributed by atoms with Crippen LogP contribution in [0.1, 0.15) is 27.6 Å². The third-order valence-electron chi connectivity index (χ3n) is 4.28. The molecule has 1 atom stereocenters. The molecule has 154 valence electrons. The number of hydrogen-bond acceptors (Lipinski definition) is 6. The van der Waals surface area contributed by atoms with Crippen molar-refractivity contribution in [2.24, 2.45) is 0 Å². The van der Waals surface area contributed by atoms with Gasteiger partial charge in [-0.2, -0.15) is 0 Å². The van der Waals surface area contributed by atoms with Gasteiger partial charge in [0.15, 0.2) is 5.78 Å². The quantitative estimate of drug-likeness (QED) is 0.509. The monoisotopic (exact) mass is 406 g/mol. The molecule has 0 heterocycles. The summed E-state index contributed by atoms with van der Waals surface area (Å²) in [4.78, 5) is 12.8. The van der Waals surface area contributed by atoms with E-state index in [0.29, 0.717) is 23.6 Å². The Balaban J connectivity index is 0.00000122. The average Bonchev–Trinajstić information content (AvgIpc) is 2.75. The van der Waals surface area contributed by atoms with Crippen molar-refractivity contribution in [2.45, 2.75) is 18.6 Å². The standard InChI is InChI=1S/C19H24O5Si.C2H6O/c1-22-25(23-2,24-3)14-13-15-9-7-8-12-17(15)19(21)18(20)16-10-5-4-6-11-16;1-3-2/h4-12,18,20H,13-14H2,1-3H3;1-2H3. The molecule has 0 bridgehead atoms. The van der Waals surface area contributed by atoms with Gasteiger partial charge in [0.25, 0.3) is 0 Å². The predicted octanol–water partition coefficient (Wildman–Crippen LogP) is 3.29. The van der Waals surface area contributed by atoms with Gasteiger partial charge in [0.05, 0.1) is 0 Å². The first-order chi connectivity index (χ1) is 13.5. The van der Waals surface area contributed by atoms with Gasteiger partial charge in [0, 0.05) is 47.2 Å². The van der Waals surface area contributed by atoms with Crippen LogP contribution in [-0.2, 0) is 24.4 Å². The molecule has 0 amide bonds. The van der Waals surface area contributed by atoms with E-state index in [9.17, 15) is 9.90 Å². The smallest absolute Gasteiger partial charge is 0.388 e. The topological polar surface area (TPSA) is 74.2 Å². The fraction of sp³-hybridized carbons (Fsp3) is 0.381. The number of carbonyl (C=O) groups excluding carboxylic acids is 1. The minimum Gasteiger partial charge on any atom is -0.388 e. The van der Waals surface area contributed by atoms with Gasteiger partial charge >= 0.3 is 8.80 Å².